The zero-order valence-electron chi connectivity index (χ0n) is 11.3. The molecule has 0 saturated carbocycles. The summed E-state index contributed by atoms with van der Waals surface area (Å²) < 4.78 is 0. The first kappa shape index (κ1) is 16.0. The second kappa shape index (κ2) is 5.49. The number of aliphatic hydroxyl groups excluding tert-OH is 2. The first-order valence-corrected chi connectivity index (χ1v) is 6.01. The lowest BCUT2D eigenvalue weighted by Crippen LogP contribution is -2.61. The van der Waals surface area contributed by atoms with Crippen LogP contribution in [0.3, 0.4) is 0 Å². The number of nitrogens with zero attached hydrogens (tertiary/aromatic N) is 3. The number of β-amino-alcohol motifs (C(OH)–C–C–N with tert-alkyl or cyclic N) is 1. The van der Waals surface area contributed by atoms with Crippen LogP contribution in [0, 0.1) is 0 Å². The van der Waals surface area contributed by atoms with E-state index < -0.39 is 42.5 Å². The van der Waals surface area contributed by atoms with Crippen molar-refractivity contribution in [3.63, 3.8) is 0 Å². The van der Waals surface area contributed by atoms with Crippen LogP contribution in [0.1, 0.15) is 20.8 Å². The van der Waals surface area contributed by atoms with Crippen molar-refractivity contribution >= 4 is 5.91 Å². The average molecular weight is 275 g/mol. The molecule has 4 N–H and O–H groups in total. The molecule has 4 unspecified atom stereocenters. The third-order valence-corrected chi connectivity index (χ3v) is 3.01. The van der Waals surface area contributed by atoms with Crippen LogP contribution in [0.5, 0.6) is 0 Å². The minimum atomic E-state index is -1.68. The molecule has 0 aliphatic carbocycles. The summed E-state index contributed by atoms with van der Waals surface area (Å²) in [4.78, 5) is 13.2. The SMILES string of the molecule is CC1N=NC(C(C)(O)CO)N(CC(C)(O)CO)C1=O. The minimum Gasteiger partial charge on any atom is -0.393 e. The minimum absolute atomic E-state index is 0.216. The summed E-state index contributed by atoms with van der Waals surface area (Å²) in [5.41, 5.74) is -3.20. The molecule has 0 fully saturated rings. The van der Waals surface area contributed by atoms with E-state index >= 15 is 0 Å². The van der Waals surface area contributed by atoms with E-state index in [0.29, 0.717) is 0 Å². The Morgan fingerprint density at radius 1 is 1.21 bits per heavy atom. The molecule has 4 atom stereocenters. The fraction of sp³-hybridized carbons (Fsp3) is 0.909. The van der Waals surface area contributed by atoms with Gasteiger partial charge in [0, 0.05) is 0 Å². The average Bonchev–Trinajstić information content (AvgIpc) is 2.34. The second-order valence-corrected chi connectivity index (χ2v) is 5.42. The van der Waals surface area contributed by atoms with Crippen LogP contribution in [0.4, 0.5) is 0 Å². The molecule has 1 aliphatic rings. The molecule has 0 radical (unpaired) electrons. The van der Waals surface area contributed by atoms with Gasteiger partial charge in [0.1, 0.15) is 17.2 Å². The van der Waals surface area contributed by atoms with Crippen LogP contribution >= 0.6 is 0 Å². The highest BCUT2D eigenvalue weighted by atomic mass is 16.3. The summed E-state index contributed by atoms with van der Waals surface area (Å²) in [6.45, 7) is 2.84. The van der Waals surface area contributed by atoms with E-state index in [-0.39, 0.29) is 6.54 Å². The van der Waals surface area contributed by atoms with Gasteiger partial charge in [0.05, 0.1) is 19.8 Å². The van der Waals surface area contributed by atoms with Gasteiger partial charge in [-0.3, -0.25) is 4.79 Å². The maximum atomic E-state index is 12.1. The molecule has 0 aromatic heterocycles. The Labute approximate surface area is 111 Å². The summed E-state index contributed by atoms with van der Waals surface area (Å²) in [5, 5.41) is 45.7. The molecule has 0 spiro atoms. The smallest absolute Gasteiger partial charge is 0.250 e. The molecule has 1 heterocycles. The van der Waals surface area contributed by atoms with Crippen LogP contribution in [0.15, 0.2) is 10.2 Å². The largest absolute Gasteiger partial charge is 0.393 e. The van der Waals surface area contributed by atoms with E-state index in [4.69, 9.17) is 5.11 Å². The van der Waals surface area contributed by atoms with Crippen LogP contribution in [-0.4, -0.2) is 74.4 Å². The van der Waals surface area contributed by atoms with E-state index in [1.54, 1.807) is 0 Å². The van der Waals surface area contributed by atoms with Crippen molar-refractivity contribution < 1.29 is 25.2 Å². The Kier molecular flexibility index (Phi) is 4.62. The van der Waals surface area contributed by atoms with Crippen molar-refractivity contribution in [3.8, 4) is 0 Å². The third-order valence-electron chi connectivity index (χ3n) is 3.01. The van der Waals surface area contributed by atoms with Gasteiger partial charge in [0.25, 0.3) is 5.91 Å². The van der Waals surface area contributed by atoms with E-state index in [9.17, 15) is 20.1 Å². The number of carbonyl (C=O) groups excluding carboxylic acids is 1. The van der Waals surface area contributed by atoms with Gasteiger partial charge in [-0.1, -0.05) is 0 Å². The summed E-state index contributed by atoms with van der Waals surface area (Å²) in [5.74, 6) is -0.428. The van der Waals surface area contributed by atoms with Gasteiger partial charge in [0.2, 0.25) is 0 Å². The molecule has 1 rings (SSSR count). The number of aliphatic hydroxyl groups is 4. The predicted octanol–water partition coefficient (Wildman–Crippen LogP) is -1.52. The number of amides is 1. The van der Waals surface area contributed by atoms with Gasteiger partial charge in [-0.2, -0.15) is 10.2 Å². The van der Waals surface area contributed by atoms with Crippen molar-refractivity contribution in [2.24, 2.45) is 10.2 Å². The molecular formula is C11H21N3O5. The molecule has 8 heteroatoms. The van der Waals surface area contributed by atoms with Crippen LogP contribution in [0.25, 0.3) is 0 Å². The number of hydrogen-bond acceptors (Lipinski definition) is 7. The molecular weight excluding hydrogens is 254 g/mol. The molecule has 0 bridgehead atoms. The monoisotopic (exact) mass is 275 g/mol. The molecule has 110 valence electrons. The molecule has 8 nitrogen and oxygen atoms in total. The Bertz CT molecular complexity index is 369. The Morgan fingerprint density at radius 3 is 2.26 bits per heavy atom. The highest BCUT2D eigenvalue weighted by molar-refractivity contribution is 5.82. The van der Waals surface area contributed by atoms with Gasteiger partial charge in [0.15, 0.2) is 6.17 Å². The number of rotatable bonds is 5. The summed E-state index contributed by atoms with van der Waals surface area (Å²) in [7, 11) is 0. The van der Waals surface area contributed by atoms with E-state index in [1.807, 2.05) is 0 Å². The van der Waals surface area contributed by atoms with Crippen molar-refractivity contribution in [3.05, 3.63) is 0 Å². The highest BCUT2D eigenvalue weighted by Crippen LogP contribution is 2.25. The molecule has 1 amide bonds. The van der Waals surface area contributed by atoms with Gasteiger partial charge < -0.3 is 25.3 Å². The van der Waals surface area contributed by atoms with Crippen LogP contribution in [-0.2, 0) is 4.79 Å². The Morgan fingerprint density at radius 2 is 1.79 bits per heavy atom. The maximum absolute atomic E-state index is 12.1. The Hall–Kier alpha value is -1.09. The topological polar surface area (TPSA) is 126 Å². The number of azo groups is 1. The molecule has 0 aromatic carbocycles. The zero-order valence-corrected chi connectivity index (χ0v) is 11.3. The Balaban J connectivity index is 3.06. The summed E-state index contributed by atoms with van der Waals surface area (Å²) in [6.07, 6.45) is -1.10. The fourth-order valence-corrected chi connectivity index (χ4v) is 1.76. The predicted molar refractivity (Wildman–Crippen MR) is 65.2 cm³/mol. The van der Waals surface area contributed by atoms with E-state index in [0.717, 1.165) is 4.90 Å². The normalized spacial score (nSPS) is 30.1. The fourth-order valence-electron chi connectivity index (χ4n) is 1.76. The van der Waals surface area contributed by atoms with Crippen LogP contribution in [0.2, 0.25) is 0 Å². The van der Waals surface area contributed by atoms with Gasteiger partial charge >= 0.3 is 0 Å². The van der Waals surface area contributed by atoms with E-state index in [2.05, 4.69) is 10.2 Å². The van der Waals surface area contributed by atoms with Crippen LogP contribution < -0.4 is 0 Å². The van der Waals surface area contributed by atoms with Crippen molar-refractivity contribution in [1.29, 1.82) is 0 Å². The van der Waals surface area contributed by atoms with Crippen molar-refractivity contribution in [1.82, 2.24) is 4.90 Å². The number of hydrogen-bond donors (Lipinski definition) is 4. The summed E-state index contributed by atoms with van der Waals surface area (Å²) >= 11 is 0. The lowest BCUT2D eigenvalue weighted by molar-refractivity contribution is -0.154. The number of carbonyl (C=O) groups is 1. The van der Waals surface area contributed by atoms with Gasteiger partial charge in [-0.05, 0) is 20.8 Å². The zero-order chi connectivity index (χ0) is 14.8. The second-order valence-electron chi connectivity index (χ2n) is 5.42. The molecule has 19 heavy (non-hydrogen) atoms. The first-order chi connectivity index (χ1) is 8.64. The molecule has 0 aromatic rings. The van der Waals surface area contributed by atoms with Crippen molar-refractivity contribution in [2.45, 2.75) is 44.2 Å². The summed E-state index contributed by atoms with van der Waals surface area (Å²) in [6, 6.07) is -0.722. The van der Waals surface area contributed by atoms with Crippen molar-refractivity contribution in [2.75, 3.05) is 19.8 Å². The maximum Gasteiger partial charge on any atom is 0.250 e. The highest BCUT2D eigenvalue weighted by Gasteiger charge is 2.44. The standard InChI is InChI=1S/C11H21N3O5/c1-7-8(17)14(4-10(2,18)5-15)9(13-12-7)11(3,19)6-16/h7,9,15-16,18-19H,4-6H2,1-3H3. The van der Waals surface area contributed by atoms with E-state index in [1.165, 1.54) is 20.8 Å². The quantitative estimate of drug-likeness (QED) is 0.485. The lowest BCUT2D eigenvalue weighted by atomic mass is 9.99. The lowest BCUT2D eigenvalue weighted by Gasteiger charge is -2.42. The first-order valence-electron chi connectivity index (χ1n) is 6.01. The van der Waals surface area contributed by atoms with Gasteiger partial charge in [-0.15, -0.1) is 0 Å². The van der Waals surface area contributed by atoms with Gasteiger partial charge in [-0.25, -0.2) is 0 Å². The molecule has 1 aliphatic heterocycles. The molecule has 0 saturated heterocycles. The third kappa shape index (κ3) is 3.47.